The number of anilines is 1. The molecular weight excluding hydrogens is 416 g/mol. The zero-order valence-corrected chi connectivity index (χ0v) is 18.3. The molecule has 1 aromatic carbocycles. The molecule has 31 heavy (non-hydrogen) atoms. The number of hydrogen-bond donors (Lipinski definition) is 2. The lowest BCUT2D eigenvalue weighted by Gasteiger charge is -2.16. The fraction of sp³-hybridized carbons (Fsp3) is 0.273. The van der Waals surface area contributed by atoms with E-state index in [1.54, 1.807) is 30.8 Å². The van der Waals surface area contributed by atoms with Crippen LogP contribution >= 0.6 is 11.6 Å². The van der Waals surface area contributed by atoms with Crippen LogP contribution in [0.15, 0.2) is 53.6 Å². The number of aromatic amines is 1. The van der Waals surface area contributed by atoms with Crippen molar-refractivity contribution in [3.8, 4) is 0 Å². The van der Waals surface area contributed by atoms with Crippen LogP contribution in [0.4, 0.5) is 5.69 Å². The second-order valence-electron chi connectivity index (χ2n) is 7.11. The number of nitrogens with zero attached hydrogens (tertiary/aromatic N) is 4. The largest absolute Gasteiger partial charge is 0.378 e. The van der Waals surface area contributed by atoms with Crippen molar-refractivity contribution in [3.05, 3.63) is 59.8 Å². The number of alkyl halides is 1. The minimum absolute atomic E-state index is 0.121. The molecule has 2 amide bonds. The maximum atomic E-state index is 13.0. The molecule has 8 nitrogen and oxygen atoms in total. The SMILES string of the molecule is CN(C)c1ccc(/C=C2N=C(/C=C/c3cnc[nH]3)N(CC(=O)NCCCCl)C/2=O)cc1. The zero-order valence-electron chi connectivity index (χ0n) is 17.5. The second-order valence-corrected chi connectivity index (χ2v) is 7.49. The number of aromatic nitrogens is 2. The third-order valence-corrected chi connectivity index (χ3v) is 4.82. The Balaban J connectivity index is 1.82. The summed E-state index contributed by atoms with van der Waals surface area (Å²) in [6.45, 7) is 0.339. The molecule has 2 heterocycles. The van der Waals surface area contributed by atoms with Crippen molar-refractivity contribution in [1.82, 2.24) is 20.2 Å². The van der Waals surface area contributed by atoms with E-state index in [-0.39, 0.29) is 24.1 Å². The van der Waals surface area contributed by atoms with E-state index in [0.717, 1.165) is 16.9 Å². The highest BCUT2D eigenvalue weighted by atomic mass is 35.5. The number of aliphatic imine (C=N–C) groups is 1. The molecule has 9 heteroatoms. The van der Waals surface area contributed by atoms with Crippen molar-refractivity contribution in [3.63, 3.8) is 0 Å². The Labute approximate surface area is 186 Å². The molecule has 0 unspecified atom stereocenters. The lowest BCUT2D eigenvalue weighted by atomic mass is 10.1. The van der Waals surface area contributed by atoms with Gasteiger partial charge in [0.2, 0.25) is 5.91 Å². The van der Waals surface area contributed by atoms with Crippen LogP contribution in [0.1, 0.15) is 17.7 Å². The molecule has 0 bridgehead atoms. The van der Waals surface area contributed by atoms with Crippen molar-refractivity contribution in [2.75, 3.05) is 38.0 Å². The number of halogens is 1. The summed E-state index contributed by atoms with van der Waals surface area (Å²) < 4.78 is 0. The number of carbonyl (C=O) groups excluding carboxylic acids is 2. The van der Waals surface area contributed by atoms with Crippen LogP contribution in [-0.2, 0) is 9.59 Å². The number of carbonyl (C=O) groups is 2. The summed E-state index contributed by atoms with van der Waals surface area (Å²) in [5.74, 6) is 0.261. The molecule has 1 aliphatic heterocycles. The van der Waals surface area contributed by atoms with Crippen molar-refractivity contribution in [1.29, 1.82) is 0 Å². The van der Waals surface area contributed by atoms with E-state index in [1.807, 2.05) is 43.3 Å². The molecule has 0 aliphatic carbocycles. The lowest BCUT2D eigenvalue weighted by molar-refractivity contribution is -0.129. The molecule has 0 atom stereocenters. The average molecular weight is 441 g/mol. The van der Waals surface area contributed by atoms with Crippen LogP contribution in [0.5, 0.6) is 0 Å². The van der Waals surface area contributed by atoms with Gasteiger partial charge >= 0.3 is 0 Å². The molecule has 162 valence electrons. The monoisotopic (exact) mass is 440 g/mol. The summed E-state index contributed by atoms with van der Waals surface area (Å²) in [6.07, 6.45) is 9.04. The Morgan fingerprint density at radius 3 is 2.68 bits per heavy atom. The van der Waals surface area contributed by atoms with Crippen LogP contribution in [-0.4, -0.2) is 65.6 Å². The van der Waals surface area contributed by atoms with E-state index >= 15 is 0 Å². The molecule has 0 radical (unpaired) electrons. The standard InChI is InChI=1S/C22H25ClN6O2/c1-28(2)18-7-4-16(5-8-18)12-19-22(31)29(14-21(30)25-11-3-10-23)20(27-19)9-6-17-13-24-15-26-17/h4-9,12-13,15H,3,10-11,14H2,1-2H3,(H,24,26)(H,25,30)/b9-6+,19-12+. The number of amides is 2. The molecule has 2 aromatic rings. The Kier molecular flexibility index (Phi) is 7.61. The normalized spacial score (nSPS) is 15.1. The van der Waals surface area contributed by atoms with Crippen LogP contribution < -0.4 is 10.2 Å². The third kappa shape index (κ3) is 6.05. The van der Waals surface area contributed by atoms with Gasteiger partial charge in [-0.1, -0.05) is 12.1 Å². The third-order valence-electron chi connectivity index (χ3n) is 4.55. The maximum Gasteiger partial charge on any atom is 0.278 e. The van der Waals surface area contributed by atoms with Gasteiger partial charge in [0.05, 0.1) is 18.2 Å². The number of H-pyrrole nitrogens is 1. The average Bonchev–Trinajstić information content (AvgIpc) is 3.37. The fourth-order valence-corrected chi connectivity index (χ4v) is 3.02. The summed E-state index contributed by atoms with van der Waals surface area (Å²) in [5, 5.41) is 2.77. The van der Waals surface area contributed by atoms with Gasteiger partial charge < -0.3 is 15.2 Å². The molecule has 0 fully saturated rings. The number of rotatable bonds is 9. The Morgan fingerprint density at radius 2 is 2.03 bits per heavy atom. The van der Waals surface area contributed by atoms with Gasteiger partial charge in [-0.05, 0) is 42.3 Å². The summed E-state index contributed by atoms with van der Waals surface area (Å²) in [5.41, 5.74) is 2.94. The van der Waals surface area contributed by atoms with Gasteiger partial charge in [0.25, 0.3) is 5.91 Å². The molecule has 1 aliphatic rings. The number of hydrogen-bond acceptors (Lipinski definition) is 5. The molecule has 0 spiro atoms. The first kappa shape index (κ1) is 22.3. The topological polar surface area (TPSA) is 93.7 Å². The van der Waals surface area contributed by atoms with Crippen molar-refractivity contribution in [2.45, 2.75) is 6.42 Å². The first-order chi connectivity index (χ1) is 15.0. The minimum atomic E-state index is -0.326. The number of nitrogens with one attached hydrogen (secondary N) is 2. The first-order valence-corrected chi connectivity index (χ1v) is 10.4. The Bertz CT molecular complexity index is 994. The highest BCUT2D eigenvalue weighted by Crippen LogP contribution is 2.21. The van der Waals surface area contributed by atoms with Gasteiger partial charge in [0.1, 0.15) is 18.1 Å². The Hall–Kier alpha value is -3.39. The zero-order chi connectivity index (χ0) is 22.2. The smallest absolute Gasteiger partial charge is 0.278 e. The van der Waals surface area contributed by atoms with E-state index in [2.05, 4.69) is 20.3 Å². The van der Waals surface area contributed by atoms with Gasteiger partial charge in [0.15, 0.2) is 0 Å². The van der Waals surface area contributed by atoms with Gasteiger partial charge in [-0.2, -0.15) is 0 Å². The second kappa shape index (κ2) is 10.6. The van der Waals surface area contributed by atoms with Crippen LogP contribution in [0.3, 0.4) is 0 Å². The summed E-state index contributed by atoms with van der Waals surface area (Å²) >= 11 is 5.65. The van der Waals surface area contributed by atoms with E-state index < -0.39 is 0 Å². The van der Waals surface area contributed by atoms with Gasteiger partial charge in [-0.3, -0.25) is 14.5 Å². The summed E-state index contributed by atoms with van der Waals surface area (Å²) in [4.78, 5) is 40.1. The number of amidine groups is 1. The number of imidazole rings is 1. The fourth-order valence-electron chi connectivity index (χ4n) is 2.89. The first-order valence-electron chi connectivity index (χ1n) is 9.86. The number of benzene rings is 1. The molecule has 0 saturated carbocycles. The molecule has 2 N–H and O–H groups in total. The quantitative estimate of drug-likeness (QED) is 0.356. The van der Waals surface area contributed by atoms with Crippen LogP contribution in [0.2, 0.25) is 0 Å². The molecule has 0 saturated heterocycles. The van der Waals surface area contributed by atoms with Gasteiger partial charge in [-0.25, -0.2) is 9.98 Å². The highest BCUT2D eigenvalue weighted by Gasteiger charge is 2.30. The lowest BCUT2D eigenvalue weighted by Crippen LogP contribution is -2.41. The molecule has 1 aromatic heterocycles. The highest BCUT2D eigenvalue weighted by molar-refractivity contribution is 6.19. The van der Waals surface area contributed by atoms with Crippen LogP contribution in [0, 0.1) is 0 Å². The molecular formula is C22H25ClN6O2. The minimum Gasteiger partial charge on any atom is -0.378 e. The predicted molar refractivity (Wildman–Crippen MR) is 124 cm³/mol. The summed E-state index contributed by atoms with van der Waals surface area (Å²) in [7, 11) is 3.93. The van der Waals surface area contributed by atoms with Crippen molar-refractivity contribution < 1.29 is 9.59 Å². The van der Waals surface area contributed by atoms with Crippen LogP contribution in [0.25, 0.3) is 12.2 Å². The van der Waals surface area contributed by atoms with E-state index in [4.69, 9.17) is 11.6 Å². The van der Waals surface area contributed by atoms with E-state index in [1.165, 1.54) is 4.90 Å². The Morgan fingerprint density at radius 1 is 1.26 bits per heavy atom. The predicted octanol–water partition coefficient (Wildman–Crippen LogP) is 2.52. The summed E-state index contributed by atoms with van der Waals surface area (Å²) in [6, 6.07) is 7.78. The van der Waals surface area contributed by atoms with Crippen molar-refractivity contribution in [2.24, 2.45) is 4.99 Å². The molecule has 3 rings (SSSR count). The maximum absolute atomic E-state index is 13.0. The van der Waals surface area contributed by atoms with Gasteiger partial charge in [-0.15, -0.1) is 11.6 Å². The van der Waals surface area contributed by atoms with E-state index in [9.17, 15) is 9.59 Å². The van der Waals surface area contributed by atoms with E-state index in [0.29, 0.717) is 24.7 Å². The van der Waals surface area contributed by atoms with Gasteiger partial charge in [0, 0.05) is 32.2 Å². The van der Waals surface area contributed by atoms with Crippen molar-refractivity contribution >= 4 is 47.1 Å².